The number of rotatable bonds is 6. The molecule has 0 radical (unpaired) electrons. The van der Waals surface area contributed by atoms with E-state index in [1.165, 1.54) is 5.56 Å². The van der Waals surface area contributed by atoms with Crippen molar-refractivity contribution in [3.8, 4) is 11.5 Å². The molecule has 0 saturated carbocycles. The van der Waals surface area contributed by atoms with Crippen molar-refractivity contribution in [3.63, 3.8) is 0 Å². The lowest BCUT2D eigenvalue weighted by Gasteiger charge is -2.40. The molecule has 1 atom stereocenters. The van der Waals surface area contributed by atoms with Crippen molar-refractivity contribution in [2.45, 2.75) is 39.0 Å². The quantitative estimate of drug-likeness (QED) is 0.782. The molecule has 1 aromatic carbocycles. The number of hydrogen-bond acceptors (Lipinski definition) is 4. The number of nitrogens with zero attached hydrogens (tertiary/aromatic N) is 2. The lowest BCUT2D eigenvalue weighted by Crippen LogP contribution is -2.46. The molecule has 1 saturated heterocycles. The number of amides is 2. The van der Waals surface area contributed by atoms with E-state index >= 15 is 0 Å². The molecular weight excluding hydrogens is 332 g/mol. The number of carbonyl (C=O) groups excluding carboxylic acids is 2. The normalized spacial score (nSPS) is 21.8. The predicted molar refractivity (Wildman–Crippen MR) is 98.1 cm³/mol. The fourth-order valence-corrected chi connectivity index (χ4v) is 3.73. The van der Waals surface area contributed by atoms with Gasteiger partial charge < -0.3 is 19.3 Å². The van der Waals surface area contributed by atoms with Crippen molar-refractivity contribution in [1.29, 1.82) is 0 Å². The number of carbonyl (C=O) groups is 2. The molecule has 1 unspecified atom stereocenters. The van der Waals surface area contributed by atoms with Gasteiger partial charge in [0.1, 0.15) is 0 Å². The Balaban J connectivity index is 1.59. The van der Waals surface area contributed by atoms with Gasteiger partial charge in [-0.2, -0.15) is 0 Å². The minimum atomic E-state index is 0.0349. The second-order valence-corrected chi connectivity index (χ2v) is 7.88. The van der Waals surface area contributed by atoms with E-state index in [1.807, 2.05) is 17.0 Å². The Morgan fingerprint density at radius 3 is 2.81 bits per heavy atom. The zero-order valence-electron chi connectivity index (χ0n) is 15.9. The van der Waals surface area contributed by atoms with E-state index in [1.54, 1.807) is 19.0 Å². The zero-order valence-corrected chi connectivity index (χ0v) is 15.9. The topological polar surface area (TPSA) is 59.1 Å². The largest absolute Gasteiger partial charge is 0.454 e. The minimum Gasteiger partial charge on any atom is -0.454 e. The standard InChI is InChI=1S/C20H28N2O4/c1-20(12-15-6-7-16-17(11-15)26-14-25-16)9-8-19(24)22(13-20)10-4-5-18(23)21(2)3/h6-7,11H,4-5,8-10,12-14H2,1-3H3. The van der Waals surface area contributed by atoms with Gasteiger partial charge in [-0.3, -0.25) is 9.59 Å². The Kier molecular flexibility index (Phi) is 5.39. The first kappa shape index (κ1) is 18.5. The van der Waals surface area contributed by atoms with Crippen LogP contribution in [0.25, 0.3) is 0 Å². The van der Waals surface area contributed by atoms with Crippen LogP contribution in [-0.4, -0.2) is 55.6 Å². The predicted octanol–water partition coefficient (Wildman–Crippen LogP) is 2.45. The summed E-state index contributed by atoms with van der Waals surface area (Å²) < 4.78 is 10.8. The SMILES string of the molecule is CN(C)C(=O)CCCN1CC(C)(Cc2ccc3c(c2)OCO3)CCC1=O. The summed E-state index contributed by atoms with van der Waals surface area (Å²) in [6, 6.07) is 6.08. The van der Waals surface area contributed by atoms with Crippen LogP contribution < -0.4 is 9.47 Å². The van der Waals surface area contributed by atoms with Gasteiger partial charge in [0.25, 0.3) is 0 Å². The number of benzene rings is 1. The van der Waals surface area contributed by atoms with E-state index in [-0.39, 0.29) is 24.0 Å². The highest BCUT2D eigenvalue weighted by molar-refractivity contribution is 5.77. The van der Waals surface area contributed by atoms with Crippen molar-refractivity contribution in [2.75, 3.05) is 34.0 Å². The number of piperidine rings is 1. The van der Waals surface area contributed by atoms with Gasteiger partial charge in [-0.05, 0) is 42.4 Å². The molecule has 142 valence electrons. The fourth-order valence-electron chi connectivity index (χ4n) is 3.73. The van der Waals surface area contributed by atoms with Gasteiger partial charge in [-0.15, -0.1) is 0 Å². The molecule has 0 bridgehead atoms. The molecule has 1 fully saturated rings. The zero-order chi connectivity index (χ0) is 18.7. The van der Waals surface area contributed by atoms with E-state index in [0.29, 0.717) is 25.8 Å². The van der Waals surface area contributed by atoms with Crippen LogP contribution in [-0.2, 0) is 16.0 Å². The van der Waals surface area contributed by atoms with E-state index in [0.717, 1.165) is 30.9 Å². The molecule has 0 aromatic heterocycles. The molecule has 0 N–H and O–H groups in total. The van der Waals surface area contributed by atoms with Crippen LogP contribution in [0.3, 0.4) is 0 Å². The van der Waals surface area contributed by atoms with Crippen LogP contribution in [0.5, 0.6) is 11.5 Å². The van der Waals surface area contributed by atoms with Gasteiger partial charge in [0.05, 0.1) is 0 Å². The van der Waals surface area contributed by atoms with Crippen molar-refractivity contribution >= 4 is 11.8 Å². The van der Waals surface area contributed by atoms with Gasteiger partial charge in [-0.25, -0.2) is 0 Å². The Bertz CT molecular complexity index is 688. The average Bonchev–Trinajstić information content (AvgIpc) is 3.05. The van der Waals surface area contributed by atoms with Crippen LogP contribution in [0.4, 0.5) is 0 Å². The summed E-state index contributed by atoms with van der Waals surface area (Å²) >= 11 is 0. The highest BCUT2D eigenvalue weighted by atomic mass is 16.7. The third-order valence-corrected chi connectivity index (χ3v) is 5.25. The second kappa shape index (κ2) is 7.56. The summed E-state index contributed by atoms with van der Waals surface area (Å²) in [5, 5.41) is 0. The molecule has 1 aromatic rings. The van der Waals surface area contributed by atoms with Crippen LogP contribution in [0, 0.1) is 5.41 Å². The maximum atomic E-state index is 12.3. The van der Waals surface area contributed by atoms with Gasteiger partial charge in [0.2, 0.25) is 18.6 Å². The molecule has 6 heteroatoms. The number of hydrogen-bond donors (Lipinski definition) is 0. The summed E-state index contributed by atoms with van der Waals surface area (Å²) in [6.45, 7) is 3.90. The van der Waals surface area contributed by atoms with E-state index in [2.05, 4.69) is 13.0 Å². The minimum absolute atomic E-state index is 0.0349. The Morgan fingerprint density at radius 1 is 1.27 bits per heavy atom. The summed E-state index contributed by atoms with van der Waals surface area (Å²) in [4.78, 5) is 27.5. The maximum Gasteiger partial charge on any atom is 0.231 e. The fraction of sp³-hybridized carbons (Fsp3) is 0.600. The van der Waals surface area contributed by atoms with Crippen molar-refractivity contribution in [1.82, 2.24) is 9.80 Å². The van der Waals surface area contributed by atoms with Crippen LogP contribution in [0.15, 0.2) is 18.2 Å². The third kappa shape index (κ3) is 4.29. The molecule has 2 aliphatic rings. The molecule has 6 nitrogen and oxygen atoms in total. The Hall–Kier alpha value is -2.24. The van der Waals surface area contributed by atoms with Crippen molar-refractivity contribution in [2.24, 2.45) is 5.41 Å². The highest BCUT2D eigenvalue weighted by Gasteiger charge is 2.35. The van der Waals surface area contributed by atoms with Crippen LogP contribution >= 0.6 is 0 Å². The maximum absolute atomic E-state index is 12.3. The van der Waals surface area contributed by atoms with Crippen LogP contribution in [0.1, 0.15) is 38.2 Å². The molecule has 26 heavy (non-hydrogen) atoms. The third-order valence-electron chi connectivity index (χ3n) is 5.25. The first-order valence-corrected chi connectivity index (χ1v) is 9.23. The lowest BCUT2D eigenvalue weighted by atomic mass is 9.76. The first-order chi connectivity index (χ1) is 12.4. The molecule has 2 aliphatic heterocycles. The molecule has 0 spiro atoms. The average molecular weight is 360 g/mol. The number of fused-ring (bicyclic) bond motifs is 1. The van der Waals surface area contributed by atoms with Gasteiger partial charge in [0.15, 0.2) is 11.5 Å². The van der Waals surface area contributed by atoms with Crippen molar-refractivity contribution in [3.05, 3.63) is 23.8 Å². The summed E-state index contributed by atoms with van der Waals surface area (Å²) in [5.41, 5.74) is 1.24. The lowest BCUT2D eigenvalue weighted by molar-refractivity contribution is -0.138. The summed E-state index contributed by atoms with van der Waals surface area (Å²) in [5.74, 6) is 1.91. The van der Waals surface area contributed by atoms with E-state index in [4.69, 9.17) is 9.47 Å². The highest BCUT2D eigenvalue weighted by Crippen LogP contribution is 2.37. The van der Waals surface area contributed by atoms with Gasteiger partial charge in [0, 0.05) is 40.0 Å². The molecule has 0 aliphatic carbocycles. The van der Waals surface area contributed by atoms with E-state index < -0.39 is 0 Å². The molecular formula is C20H28N2O4. The second-order valence-electron chi connectivity index (χ2n) is 7.88. The first-order valence-electron chi connectivity index (χ1n) is 9.23. The van der Waals surface area contributed by atoms with Gasteiger partial charge in [-0.1, -0.05) is 13.0 Å². The van der Waals surface area contributed by atoms with Crippen molar-refractivity contribution < 1.29 is 19.1 Å². The van der Waals surface area contributed by atoms with Gasteiger partial charge >= 0.3 is 0 Å². The molecule has 2 heterocycles. The Morgan fingerprint density at radius 2 is 2.04 bits per heavy atom. The molecule has 3 rings (SSSR count). The summed E-state index contributed by atoms with van der Waals surface area (Å²) in [7, 11) is 3.52. The summed E-state index contributed by atoms with van der Waals surface area (Å²) in [6.07, 6.45) is 3.54. The molecule has 2 amide bonds. The number of likely N-dealkylation sites (tertiary alicyclic amines) is 1. The van der Waals surface area contributed by atoms with E-state index in [9.17, 15) is 9.59 Å². The smallest absolute Gasteiger partial charge is 0.231 e. The Labute approximate surface area is 155 Å². The van der Waals surface area contributed by atoms with Crippen LogP contribution in [0.2, 0.25) is 0 Å². The monoisotopic (exact) mass is 360 g/mol. The number of ether oxygens (including phenoxy) is 2.